The molecule has 3 atom stereocenters. The standard InChI is InChI=1S/C18H19Br2NO6/c1-10(25-13-9-11(19)8-12(20)17(13)24-3)18-14(6-7-21(18)2)26-15(22)4-5-16(23)27-18/h4-5,8-10,14H,6-7H2,1-3H3/b5-4+. The third-order valence-electron chi connectivity index (χ3n) is 4.73. The first-order chi connectivity index (χ1) is 12.8. The van der Waals surface area contributed by atoms with E-state index in [1.54, 1.807) is 20.0 Å². The van der Waals surface area contributed by atoms with Crippen molar-refractivity contribution >= 4 is 43.8 Å². The van der Waals surface area contributed by atoms with Gasteiger partial charge in [-0.15, -0.1) is 0 Å². The molecule has 2 heterocycles. The molecule has 0 saturated carbocycles. The number of hydrogen-bond acceptors (Lipinski definition) is 7. The molecule has 0 bridgehead atoms. The van der Waals surface area contributed by atoms with Crippen molar-refractivity contribution < 1.29 is 28.5 Å². The van der Waals surface area contributed by atoms with Gasteiger partial charge in [-0.3, -0.25) is 4.90 Å². The Hall–Kier alpha value is -1.58. The lowest BCUT2D eigenvalue weighted by molar-refractivity contribution is -0.223. The number of hydrogen-bond donors (Lipinski definition) is 0. The second-order valence-corrected chi connectivity index (χ2v) is 8.09. The molecule has 27 heavy (non-hydrogen) atoms. The number of fused-ring (bicyclic) bond motifs is 1. The van der Waals surface area contributed by atoms with E-state index in [9.17, 15) is 9.59 Å². The number of halogens is 2. The molecular formula is C18H19Br2NO6. The molecule has 1 aromatic carbocycles. The van der Waals surface area contributed by atoms with Gasteiger partial charge < -0.3 is 18.9 Å². The minimum Gasteiger partial charge on any atom is -0.492 e. The Morgan fingerprint density at radius 1 is 1.26 bits per heavy atom. The monoisotopic (exact) mass is 503 g/mol. The number of carbonyl (C=O) groups is 2. The van der Waals surface area contributed by atoms with Crippen LogP contribution < -0.4 is 9.47 Å². The molecule has 0 radical (unpaired) electrons. The van der Waals surface area contributed by atoms with Gasteiger partial charge >= 0.3 is 11.9 Å². The van der Waals surface area contributed by atoms with Crippen LogP contribution in [0, 0.1) is 0 Å². The van der Waals surface area contributed by atoms with Crippen LogP contribution in [0.3, 0.4) is 0 Å². The van der Waals surface area contributed by atoms with Gasteiger partial charge in [0.15, 0.2) is 23.7 Å². The molecule has 2 aliphatic rings. The third kappa shape index (κ3) is 3.72. The number of methoxy groups -OCH3 is 1. The minimum absolute atomic E-state index is 0.458. The highest BCUT2D eigenvalue weighted by atomic mass is 79.9. The fourth-order valence-electron chi connectivity index (χ4n) is 3.49. The summed E-state index contributed by atoms with van der Waals surface area (Å²) in [5.41, 5.74) is -1.25. The van der Waals surface area contributed by atoms with Crippen LogP contribution in [0.1, 0.15) is 13.3 Å². The Kier molecular flexibility index (Phi) is 5.83. The summed E-state index contributed by atoms with van der Waals surface area (Å²) in [5.74, 6) is -0.234. The van der Waals surface area contributed by atoms with Gasteiger partial charge in [-0.2, -0.15) is 0 Å². The second-order valence-electron chi connectivity index (χ2n) is 6.32. The fourth-order valence-corrected chi connectivity index (χ4v) is 4.84. The summed E-state index contributed by atoms with van der Waals surface area (Å²) in [6.45, 7) is 2.35. The van der Waals surface area contributed by atoms with Crippen molar-refractivity contribution in [2.24, 2.45) is 0 Å². The summed E-state index contributed by atoms with van der Waals surface area (Å²) in [4.78, 5) is 26.0. The Balaban J connectivity index is 2.00. The van der Waals surface area contributed by atoms with Gasteiger partial charge in [-0.1, -0.05) is 15.9 Å². The number of nitrogens with zero attached hydrogens (tertiary/aromatic N) is 1. The van der Waals surface area contributed by atoms with Gasteiger partial charge in [0.2, 0.25) is 5.72 Å². The molecule has 0 aliphatic carbocycles. The normalized spacial score (nSPS) is 27.7. The van der Waals surface area contributed by atoms with Crippen LogP contribution in [0.5, 0.6) is 11.5 Å². The molecule has 3 rings (SSSR count). The van der Waals surface area contributed by atoms with E-state index < -0.39 is 29.9 Å². The molecule has 3 unspecified atom stereocenters. The first-order valence-corrected chi connectivity index (χ1v) is 9.89. The van der Waals surface area contributed by atoms with E-state index in [2.05, 4.69) is 31.9 Å². The Bertz CT molecular complexity index is 798. The van der Waals surface area contributed by atoms with Crippen molar-refractivity contribution in [2.75, 3.05) is 20.7 Å². The minimum atomic E-state index is -1.25. The van der Waals surface area contributed by atoms with E-state index in [1.165, 1.54) is 7.11 Å². The number of rotatable bonds is 4. The van der Waals surface area contributed by atoms with Crippen LogP contribution in [-0.4, -0.2) is 55.5 Å². The largest absolute Gasteiger partial charge is 0.492 e. The SMILES string of the molecule is COc1c(Br)cc(Br)cc1OC(C)C12OC(=O)/C=C/C(=O)OC1CCN2C. The lowest BCUT2D eigenvalue weighted by Gasteiger charge is -2.43. The lowest BCUT2D eigenvalue weighted by atomic mass is 10.0. The number of carbonyl (C=O) groups excluding carboxylic acids is 2. The zero-order chi connectivity index (χ0) is 19.8. The third-order valence-corrected chi connectivity index (χ3v) is 5.77. The van der Waals surface area contributed by atoms with Crippen LogP contribution in [0.2, 0.25) is 0 Å². The molecule has 2 aliphatic heterocycles. The summed E-state index contributed by atoms with van der Waals surface area (Å²) >= 11 is 6.87. The second kappa shape index (κ2) is 7.81. The number of benzene rings is 1. The van der Waals surface area contributed by atoms with Gasteiger partial charge in [-0.05, 0) is 42.0 Å². The molecule has 7 nitrogen and oxygen atoms in total. The van der Waals surface area contributed by atoms with Gasteiger partial charge in [0.1, 0.15) is 0 Å². The number of ether oxygens (including phenoxy) is 4. The van der Waals surface area contributed by atoms with Crippen LogP contribution >= 0.6 is 31.9 Å². The predicted octanol–water partition coefficient (Wildman–Crippen LogP) is 3.04. The van der Waals surface area contributed by atoms with E-state index in [-0.39, 0.29) is 0 Å². The van der Waals surface area contributed by atoms with Gasteiger partial charge in [0.25, 0.3) is 0 Å². The molecule has 1 fully saturated rings. The number of likely N-dealkylation sites (N-methyl/N-ethyl adjacent to an activating group) is 1. The van der Waals surface area contributed by atoms with Crippen molar-refractivity contribution in [3.63, 3.8) is 0 Å². The van der Waals surface area contributed by atoms with Gasteiger partial charge in [0.05, 0.1) is 11.6 Å². The molecule has 0 spiro atoms. The summed E-state index contributed by atoms with van der Waals surface area (Å²) in [7, 11) is 3.34. The average Bonchev–Trinajstić information content (AvgIpc) is 2.88. The van der Waals surface area contributed by atoms with E-state index in [0.717, 1.165) is 16.6 Å². The van der Waals surface area contributed by atoms with Crippen LogP contribution in [-0.2, 0) is 19.1 Å². The topological polar surface area (TPSA) is 74.3 Å². The highest BCUT2D eigenvalue weighted by Gasteiger charge is 2.58. The summed E-state index contributed by atoms with van der Waals surface area (Å²) in [6.07, 6.45) is 1.35. The lowest BCUT2D eigenvalue weighted by Crippen LogP contribution is -2.62. The van der Waals surface area contributed by atoms with E-state index in [1.807, 2.05) is 11.0 Å². The Morgan fingerprint density at radius 2 is 1.96 bits per heavy atom. The molecule has 146 valence electrons. The average molecular weight is 505 g/mol. The summed E-state index contributed by atoms with van der Waals surface area (Å²) in [6, 6.07) is 3.60. The molecule has 1 saturated heterocycles. The molecule has 0 aromatic heterocycles. The molecule has 0 amide bonds. The predicted molar refractivity (Wildman–Crippen MR) is 104 cm³/mol. The number of likely N-dealkylation sites (tertiary alicyclic amines) is 1. The maximum Gasteiger partial charge on any atom is 0.333 e. The van der Waals surface area contributed by atoms with Crippen molar-refractivity contribution in [3.8, 4) is 11.5 Å². The zero-order valence-corrected chi connectivity index (χ0v) is 18.2. The summed E-state index contributed by atoms with van der Waals surface area (Å²) < 4.78 is 24.4. The zero-order valence-electron chi connectivity index (χ0n) is 15.0. The van der Waals surface area contributed by atoms with E-state index >= 15 is 0 Å². The number of esters is 2. The Labute approximate surface area is 173 Å². The smallest absolute Gasteiger partial charge is 0.333 e. The van der Waals surface area contributed by atoms with E-state index in [4.69, 9.17) is 18.9 Å². The summed E-state index contributed by atoms with van der Waals surface area (Å²) in [5, 5.41) is 0. The molecule has 9 heteroatoms. The van der Waals surface area contributed by atoms with Crippen molar-refractivity contribution in [1.29, 1.82) is 0 Å². The van der Waals surface area contributed by atoms with E-state index in [0.29, 0.717) is 28.9 Å². The van der Waals surface area contributed by atoms with Crippen molar-refractivity contribution in [1.82, 2.24) is 4.90 Å². The highest BCUT2D eigenvalue weighted by molar-refractivity contribution is 9.11. The Morgan fingerprint density at radius 3 is 2.67 bits per heavy atom. The maximum absolute atomic E-state index is 12.2. The maximum atomic E-state index is 12.2. The quantitative estimate of drug-likeness (QED) is 0.583. The van der Waals surface area contributed by atoms with Crippen LogP contribution in [0.15, 0.2) is 33.2 Å². The van der Waals surface area contributed by atoms with Crippen molar-refractivity contribution in [2.45, 2.75) is 31.3 Å². The fraction of sp³-hybridized carbons (Fsp3) is 0.444. The van der Waals surface area contributed by atoms with Crippen LogP contribution in [0.4, 0.5) is 0 Å². The van der Waals surface area contributed by atoms with Gasteiger partial charge in [0, 0.05) is 29.6 Å². The highest BCUT2D eigenvalue weighted by Crippen LogP contribution is 2.42. The molecule has 0 N–H and O–H groups in total. The molecular weight excluding hydrogens is 486 g/mol. The molecule has 1 aromatic rings. The van der Waals surface area contributed by atoms with Gasteiger partial charge in [-0.25, -0.2) is 9.59 Å². The first kappa shape index (κ1) is 20.2. The van der Waals surface area contributed by atoms with Crippen LogP contribution in [0.25, 0.3) is 0 Å². The van der Waals surface area contributed by atoms with Crippen molar-refractivity contribution in [3.05, 3.63) is 33.2 Å². The first-order valence-electron chi connectivity index (χ1n) is 8.30.